The number of para-hydroxylation sites is 1. The zero-order chi connectivity index (χ0) is 33.5. The molecule has 0 aromatic heterocycles. The lowest BCUT2D eigenvalue weighted by atomic mass is 9.98. The predicted molar refractivity (Wildman–Crippen MR) is 214 cm³/mol. The maximum atomic E-state index is 2.59. The van der Waals surface area contributed by atoms with E-state index in [1.807, 2.05) is 0 Å². The lowest BCUT2D eigenvalue weighted by Gasteiger charge is -2.36. The summed E-state index contributed by atoms with van der Waals surface area (Å²) < 4.78 is 0. The average Bonchev–Trinajstić information content (AvgIpc) is 3.19. The first-order chi connectivity index (χ1) is 24.8. The van der Waals surface area contributed by atoms with E-state index in [0.29, 0.717) is 0 Å². The zero-order valence-corrected chi connectivity index (χ0v) is 28.2. The molecule has 0 unspecified atom stereocenters. The highest BCUT2D eigenvalue weighted by atomic mass is 15.2. The first-order valence-corrected chi connectivity index (χ1v) is 17.6. The predicted octanol–water partition coefficient (Wildman–Crippen LogP) is 12.4. The van der Waals surface area contributed by atoms with Gasteiger partial charge in [0.1, 0.15) is 0 Å². The molecule has 0 bridgehead atoms. The van der Waals surface area contributed by atoms with Crippen LogP contribution in [0.2, 0.25) is 0 Å². The van der Waals surface area contributed by atoms with Gasteiger partial charge in [-0.2, -0.15) is 0 Å². The van der Waals surface area contributed by atoms with Crippen LogP contribution in [0.4, 0.5) is 22.7 Å². The molecule has 8 aromatic carbocycles. The third-order valence-electron chi connectivity index (χ3n) is 9.71. The van der Waals surface area contributed by atoms with E-state index in [0.717, 1.165) is 25.9 Å². The zero-order valence-electron chi connectivity index (χ0n) is 28.2. The molecule has 0 spiro atoms. The van der Waals surface area contributed by atoms with Gasteiger partial charge in [0.2, 0.25) is 0 Å². The lowest BCUT2D eigenvalue weighted by Crippen LogP contribution is -2.27. The summed E-state index contributed by atoms with van der Waals surface area (Å²) in [4.78, 5) is 5.16. The lowest BCUT2D eigenvalue weighted by molar-refractivity contribution is 0.893. The van der Waals surface area contributed by atoms with Gasteiger partial charge < -0.3 is 9.80 Å². The van der Waals surface area contributed by atoms with Gasteiger partial charge in [-0.15, -0.1) is 0 Å². The van der Waals surface area contributed by atoms with E-state index in [4.69, 9.17) is 0 Å². The molecule has 0 aliphatic carbocycles. The number of hydrogen-bond acceptors (Lipinski definition) is 2. The van der Waals surface area contributed by atoms with Gasteiger partial charge in [-0.05, 0) is 58.5 Å². The monoisotopic (exact) mass is 644 g/mol. The van der Waals surface area contributed by atoms with Crippen molar-refractivity contribution in [1.29, 1.82) is 0 Å². The highest BCUT2D eigenvalue weighted by Crippen LogP contribution is 2.47. The summed E-state index contributed by atoms with van der Waals surface area (Å²) in [5.41, 5.74) is 9.91. The second-order valence-electron chi connectivity index (χ2n) is 12.8. The van der Waals surface area contributed by atoms with Crippen molar-refractivity contribution in [3.05, 3.63) is 205 Å². The van der Waals surface area contributed by atoms with Crippen molar-refractivity contribution in [2.24, 2.45) is 0 Å². The Bertz CT molecular complexity index is 2320. The molecule has 0 amide bonds. The molecule has 0 heterocycles. The molecular weight excluding hydrogens is 605 g/mol. The van der Waals surface area contributed by atoms with Crippen LogP contribution in [-0.2, 0) is 12.8 Å². The van der Waals surface area contributed by atoms with Crippen LogP contribution in [0.25, 0.3) is 32.7 Å². The summed E-state index contributed by atoms with van der Waals surface area (Å²) in [6.45, 7) is 1.64. The molecule has 0 fully saturated rings. The molecule has 0 aliphatic heterocycles. The van der Waals surface area contributed by atoms with Crippen molar-refractivity contribution in [1.82, 2.24) is 0 Å². The fourth-order valence-electron chi connectivity index (χ4n) is 7.27. The Hall–Kier alpha value is -6.12. The summed E-state index contributed by atoms with van der Waals surface area (Å²) in [7, 11) is 0. The van der Waals surface area contributed by atoms with Crippen molar-refractivity contribution in [2.75, 3.05) is 22.9 Å². The van der Waals surface area contributed by atoms with Crippen LogP contribution in [0.15, 0.2) is 194 Å². The molecule has 0 aliphatic rings. The number of hydrogen-bond donors (Lipinski definition) is 0. The first-order valence-electron chi connectivity index (χ1n) is 17.6. The maximum Gasteiger partial charge on any atom is 0.0731 e. The fraction of sp³-hybridized carbons (Fsp3) is 0.0833. The van der Waals surface area contributed by atoms with E-state index in [2.05, 4.69) is 204 Å². The van der Waals surface area contributed by atoms with Crippen LogP contribution in [0.3, 0.4) is 0 Å². The average molecular weight is 645 g/mol. The molecule has 0 radical (unpaired) electrons. The van der Waals surface area contributed by atoms with Crippen molar-refractivity contribution in [2.45, 2.75) is 12.8 Å². The molecule has 2 heteroatoms. The maximum absolute atomic E-state index is 2.59. The van der Waals surface area contributed by atoms with E-state index in [-0.39, 0.29) is 0 Å². The van der Waals surface area contributed by atoms with Crippen molar-refractivity contribution >= 4 is 44.3 Å². The highest BCUT2D eigenvalue weighted by Gasteiger charge is 2.25. The Kier molecular flexibility index (Phi) is 9.07. The molecule has 50 heavy (non-hydrogen) atoms. The van der Waals surface area contributed by atoms with E-state index in [1.54, 1.807) is 0 Å². The van der Waals surface area contributed by atoms with Gasteiger partial charge in [0, 0.05) is 40.8 Å². The Balaban J connectivity index is 1.39. The SMILES string of the molecule is c1ccc(CCN(c2cccc(-c3ccccc3)c2N(CCc2ccccc2)c2cccc3ccccc23)c2cccc3ccccc23)cc1. The summed E-state index contributed by atoms with van der Waals surface area (Å²) in [6.07, 6.45) is 1.82. The van der Waals surface area contributed by atoms with Gasteiger partial charge >= 0.3 is 0 Å². The molecule has 0 N–H and O–H groups in total. The third-order valence-corrected chi connectivity index (χ3v) is 9.71. The molecule has 242 valence electrons. The third kappa shape index (κ3) is 6.49. The Morgan fingerprint density at radius 3 is 1.32 bits per heavy atom. The minimum absolute atomic E-state index is 0.816. The molecule has 0 atom stereocenters. The summed E-state index contributed by atoms with van der Waals surface area (Å²) in [5.74, 6) is 0. The largest absolute Gasteiger partial charge is 0.339 e. The van der Waals surface area contributed by atoms with E-state index in [1.165, 1.54) is 66.5 Å². The number of anilines is 4. The second-order valence-corrected chi connectivity index (χ2v) is 12.8. The highest BCUT2D eigenvalue weighted by molar-refractivity contribution is 6.03. The van der Waals surface area contributed by atoms with Crippen molar-refractivity contribution in [3.63, 3.8) is 0 Å². The number of nitrogens with zero attached hydrogens (tertiary/aromatic N) is 2. The number of rotatable bonds is 11. The first kappa shape index (κ1) is 31.2. The van der Waals surface area contributed by atoms with Crippen LogP contribution in [0.1, 0.15) is 11.1 Å². The van der Waals surface area contributed by atoms with Gasteiger partial charge in [-0.1, -0.05) is 176 Å². The van der Waals surface area contributed by atoms with E-state index >= 15 is 0 Å². The minimum atomic E-state index is 0.816. The van der Waals surface area contributed by atoms with Crippen LogP contribution in [0.5, 0.6) is 0 Å². The van der Waals surface area contributed by atoms with Gasteiger partial charge in [-0.3, -0.25) is 0 Å². The standard InChI is InChI=1S/C48H40N2/c1-4-17-37(18-5-1)33-35-49(45-30-14-25-39-23-10-12-27-42(39)45)47-32-16-29-44(41-21-8-3-9-22-41)48(47)50(36-34-38-19-6-2-7-20-38)46-31-15-26-40-24-11-13-28-43(40)46/h1-32H,33-36H2. The summed E-state index contributed by atoms with van der Waals surface area (Å²) >= 11 is 0. The smallest absolute Gasteiger partial charge is 0.0731 e. The normalized spacial score (nSPS) is 11.1. The minimum Gasteiger partial charge on any atom is -0.339 e. The Morgan fingerprint density at radius 2 is 0.740 bits per heavy atom. The molecule has 0 saturated heterocycles. The van der Waals surface area contributed by atoms with Gasteiger partial charge in [-0.25, -0.2) is 0 Å². The fourth-order valence-corrected chi connectivity index (χ4v) is 7.27. The Labute approximate surface area is 295 Å². The molecular formula is C48H40N2. The molecule has 0 saturated carbocycles. The Morgan fingerprint density at radius 1 is 0.320 bits per heavy atom. The van der Waals surface area contributed by atoms with Crippen LogP contribution >= 0.6 is 0 Å². The van der Waals surface area contributed by atoms with Crippen LogP contribution in [0, 0.1) is 0 Å². The molecule has 8 rings (SSSR count). The quantitative estimate of drug-likeness (QED) is 0.138. The van der Waals surface area contributed by atoms with Crippen molar-refractivity contribution in [3.8, 4) is 11.1 Å². The van der Waals surface area contributed by atoms with Crippen LogP contribution < -0.4 is 9.80 Å². The van der Waals surface area contributed by atoms with Gasteiger partial charge in [0.05, 0.1) is 11.4 Å². The molecule has 2 nitrogen and oxygen atoms in total. The number of fused-ring (bicyclic) bond motifs is 2. The van der Waals surface area contributed by atoms with E-state index in [9.17, 15) is 0 Å². The van der Waals surface area contributed by atoms with Gasteiger partial charge in [0.15, 0.2) is 0 Å². The number of benzene rings is 8. The van der Waals surface area contributed by atoms with Gasteiger partial charge in [0.25, 0.3) is 0 Å². The molecule has 8 aromatic rings. The summed E-state index contributed by atoms with van der Waals surface area (Å²) in [5, 5.41) is 4.98. The van der Waals surface area contributed by atoms with Crippen molar-refractivity contribution < 1.29 is 0 Å². The van der Waals surface area contributed by atoms with E-state index < -0.39 is 0 Å². The second kappa shape index (κ2) is 14.6. The topological polar surface area (TPSA) is 6.48 Å². The summed E-state index contributed by atoms with van der Waals surface area (Å²) in [6, 6.07) is 70.5. The van der Waals surface area contributed by atoms with Crippen LogP contribution in [-0.4, -0.2) is 13.1 Å².